The van der Waals surface area contributed by atoms with Crippen LogP contribution in [0.2, 0.25) is 0 Å². The molecule has 10 N–H and O–H groups in total. The van der Waals surface area contributed by atoms with E-state index >= 15 is 0 Å². The Morgan fingerprint density at radius 1 is 1.31 bits per heavy atom. The van der Waals surface area contributed by atoms with Crippen LogP contribution in [0.25, 0.3) is 0 Å². The fourth-order valence-corrected chi connectivity index (χ4v) is 0. The molecule has 0 saturated carbocycles. The van der Waals surface area contributed by atoms with Gasteiger partial charge in [0.25, 0.3) is 5.09 Å². The summed E-state index contributed by atoms with van der Waals surface area (Å²) >= 11 is 0. The lowest BCUT2D eigenvalue weighted by Crippen LogP contribution is -2.18. The largest absolute Gasteiger partial charge is 0.370 e. The number of rotatable bonds is 0. The van der Waals surface area contributed by atoms with E-state index in [0.29, 0.717) is 0 Å². The third kappa shape index (κ3) is 140. The van der Waals surface area contributed by atoms with Crippen molar-refractivity contribution in [1.82, 2.24) is 6.15 Å². The normalized spacial score (nSPS) is 5.62. The number of nitrogens with zero attached hydrogens (tertiary/aromatic N) is 1. The lowest BCUT2D eigenvalue weighted by Gasteiger charge is -1.62. The molecule has 0 aromatic heterocycles. The topological polar surface area (TPSA) is 211 Å². The molecule has 80 valence electrons. The molecule has 3 amide bonds. The molecule has 0 bridgehead atoms. The predicted octanol–water partition coefficient (Wildman–Crippen LogP) is -1.67. The molecule has 0 aromatic rings. The Labute approximate surface area is 73.4 Å². The third-order valence-corrected chi connectivity index (χ3v) is 0. The Kier molecular flexibility index (Phi) is 28.4. The molecule has 13 heavy (non-hydrogen) atoms. The summed E-state index contributed by atoms with van der Waals surface area (Å²) in [5.74, 6) is -0.333. The number of urea groups is 1. The zero-order valence-electron chi connectivity index (χ0n) is 6.97. The predicted molar refractivity (Wildman–Crippen MR) is 42.4 cm³/mol. The number of amides is 3. The van der Waals surface area contributed by atoms with Gasteiger partial charge in [-0.15, -0.1) is 10.1 Å². The van der Waals surface area contributed by atoms with E-state index in [0.717, 1.165) is 0 Å². The Morgan fingerprint density at radius 2 is 1.31 bits per heavy atom. The summed E-state index contributed by atoms with van der Waals surface area (Å²) in [4.78, 5) is 26.6. The summed E-state index contributed by atoms with van der Waals surface area (Å²) in [5, 5.41) is 13.6. The Balaban J connectivity index is -0.0000000450. The van der Waals surface area contributed by atoms with Gasteiger partial charge in [0.05, 0.1) is 0 Å². The van der Waals surface area contributed by atoms with Gasteiger partial charge in [-0.25, -0.2) is 4.79 Å². The number of nitrogens with two attached hydrogens (primary N) is 3. The van der Waals surface area contributed by atoms with E-state index in [9.17, 15) is 4.79 Å². The Hall–Kier alpha value is -2.10. The van der Waals surface area contributed by atoms with Crippen molar-refractivity contribution in [3.63, 3.8) is 0 Å². The van der Waals surface area contributed by atoms with Crippen molar-refractivity contribution in [2.75, 3.05) is 0 Å². The maximum absolute atomic E-state index is 9.22. The van der Waals surface area contributed by atoms with Crippen LogP contribution in [0.4, 0.5) is 4.79 Å². The van der Waals surface area contributed by atoms with Crippen LogP contribution in [0.15, 0.2) is 0 Å². The molecule has 0 aliphatic heterocycles. The van der Waals surface area contributed by atoms with E-state index in [4.69, 9.17) is 20.1 Å². The molecule has 10 heteroatoms. The second-order valence-electron chi connectivity index (χ2n) is 1.25. The van der Waals surface area contributed by atoms with Crippen molar-refractivity contribution < 1.29 is 19.9 Å². The summed E-state index contributed by atoms with van der Waals surface area (Å²) in [6, 6.07) is -0.833. The van der Waals surface area contributed by atoms with Crippen molar-refractivity contribution in [3.8, 4) is 0 Å². The average molecular weight is 199 g/mol. The standard InChI is InChI=1S/C2H5NO.CH4N2O.HNO3.H3N/c1-2(3)4;2*2-1(3)4;/h1H3,(H2,3,4);(H4,2,3,4);(H,2,3,4);1H3. The van der Waals surface area contributed by atoms with Gasteiger partial charge in [0, 0.05) is 6.92 Å². The van der Waals surface area contributed by atoms with Gasteiger partial charge in [-0.3, -0.25) is 4.79 Å². The lowest BCUT2D eigenvalue weighted by molar-refractivity contribution is -0.742. The monoisotopic (exact) mass is 199 g/mol. The van der Waals surface area contributed by atoms with Gasteiger partial charge in [-0.1, -0.05) is 0 Å². The van der Waals surface area contributed by atoms with Gasteiger partial charge in [0.2, 0.25) is 5.91 Å². The van der Waals surface area contributed by atoms with Gasteiger partial charge >= 0.3 is 6.03 Å². The SMILES string of the molecule is CC(N)=O.N.NC(N)=O.O=[N+]([O-])O. The van der Waals surface area contributed by atoms with Crippen molar-refractivity contribution in [1.29, 1.82) is 0 Å². The van der Waals surface area contributed by atoms with Crippen molar-refractivity contribution in [3.05, 3.63) is 10.1 Å². The number of hydrogen-bond acceptors (Lipinski definition) is 5. The van der Waals surface area contributed by atoms with Crippen LogP contribution in [0.1, 0.15) is 6.92 Å². The summed E-state index contributed by atoms with van der Waals surface area (Å²) in [6.07, 6.45) is 0. The molecular weight excluding hydrogens is 186 g/mol. The Bertz CT molecular complexity index is 118. The third-order valence-electron chi connectivity index (χ3n) is 0. The molecule has 0 aromatic carbocycles. The van der Waals surface area contributed by atoms with Gasteiger partial charge in [0.15, 0.2) is 0 Å². The van der Waals surface area contributed by atoms with Crippen LogP contribution in [-0.2, 0) is 4.79 Å². The number of primary amides is 3. The fraction of sp³-hybridized carbons (Fsp3) is 0.333. The average Bonchev–Trinajstić information content (AvgIpc) is 1.54. The first-order valence-corrected chi connectivity index (χ1v) is 2.34. The molecule has 0 heterocycles. The minimum absolute atomic E-state index is 0. The van der Waals surface area contributed by atoms with E-state index in [2.05, 4.69) is 17.2 Å². The van der Waals surface area contributed by atoms with Gasteiger partial charge in [-0.05, 0) is 0 Å². The lowest BCUT2D eigenvalue weighted by atomic mass is 10.8. The molecule has 0 aliphatic carbocycles. The molecule has 0 aliphatic rings. The van der Waals surface area contributed by atoms with Crippen molar-refractivity contribution >= 4 is 11.9 Å². The van der Waals surface area contributed by atoms with Gasteiger partial charge in [0.1, 0.15) is 0 Å². The van der Waals surface area contributed by atoms with Crippen LogP contribution >= 0.6 is 0 Å². The van der Waals surface area contributed by atoms with Crippen LogP contribution < -0.4 is 23.4 Å². The first-order valence-electron chi connectivity index (χ1n) is 2.34. The smallest absolute Gasteiger partial charge is 0.309 e. The van der Waals surface area contributed by atoms with Crippen LogP contribution in [0.3, 0.4) is 0 Å². The highest BCUT2D eigenvalue weighted by Crippen LogP contribution is 1.38. The van der Waals surface area contributed by atoms with Gasteiger partial charge < -0.3 is 28.6 Å². The highest BCUT2D eigenvalue weighted by Gasteiger charge is 1.65. The first kappa shape index (κ1) is 22.4. The van der Waals surface area contributed by atoms with E-state index in [1.165, 1.54) is 6.92 Å². The van der Waals surface area contributed by atoms with Crippen LogP contribution in [0, 0.1) is 10.1 Å². The molecule has 0 radical (unpaired) electrons. The van der Waals surface area contributed by atoms with Crippen molar-refractivity contribution in [2.45, 2.75) is 6.92 Å². The molecule has 0 spiro atoms. The summed E-state index contributed by atoms with van der Waals surface area (Å²) in [7, 11) is 0. The van der Waals surface area contributed by atoms with E-state index in [1.54, 1.807) is 0 Å². The molecule has 0 atom stereocenters. The van der Waals surface area contributed by atoms with Gasteiger partial charge in [-0.2, -0.15) is 0 Å². The quantitative estimate of drug-likeness (QED) is 0.227. The summed E-state index contributed by atoms with van der Waals surface area (Å²) < 4.78 is 0. The van der Waals surface area contributed by atoms with Crippen LogP contribution in [0.5, 0.6) is 0 Å². The second kappa shape index (κ2) is 16.5. The maximum atomic E-state index is 9.22. The fourth-order valence-electron chi connectivity index (χ4n) is 0. The minimum Gasteiger partial charge on any atom is -0.370 e. The van der Waals surface area contributed by atoms with Crippen molar-refractivity contribution in [2.24, 2.45) is 17.2 Å². The highest BCUT2D eigenvalue weighted by molar-refractivity contribution is 5.70. The molecule has 0 fully saturated rings. The molecule has 0 unspecified atom stereocenters. The van der Waals surface area contributed by atoms with Crippen LogP contribution in [-0.4, -0.2) is 22.2 Å². The number of carbonyl (C=O) groups excluding carboxylic acids is 2. The van der Waals surface area contributed by atoms with E-state index in [1.807, 2.05) is 0 Å². The second-order valence-corrected chi connectivity index (χ2v) is 1.25. The number of carbonyl (C=O) groups is 2. The molecule has 0 saturated heterocycles. The highest BCUT2D eigenvalue weighted by atomic mass is 16.9. The van der Waals surface area contributed by atoms with E-state index < -0.39 is 11.1 Å². The maximum Gasteiger partial charge on any atom is 0.309 e. The molecular formula is C3H13N5O5. The van der Waals surface area contributed by atoms with E-state index in [-0.39, 0.29) is 12.1 Å². The zero-order chi connectivity index (χ0) is 10.7. The summed E-state index contributed by atoms with van der Waals surface area (Å²) in [6.45, 7) is 1.31. The number of hydrogen-bond donors (Lipinski definition) is 5. The minimum atomic E-state index is -1.50. The molecule has 0 rings (SSSR count). The zero-order valence-corrected chi connectivity index (χ0v) is 6.97. The Morgan fingerprint density at radius 3 is 1.31 bits per heavy atom. The first-order chi connectivity index (χ1) is 5.20. The summed E-state index contributed by atoms with van der Waals surface area (Å²) in [5.41, 5.74) is 13.0. The molecule has 10 nitrogen and oxygen atoms in total.